The molecule has 1 rings (SSSR count). The Labute approximate surface area is 118 Å². The van der Waals surface area contributed by atoms with Crippen LogP contribution in [0.15, 0.2) is 0 Å². The lowest BCUT2D eigenvalue weighted by atomic mass is 9.78. The highest BCUT2D eigenvalue weighted by Gasteiger charge is 2.36. The van der Waals surface area contributed by atoms with Crippen LogP contribution in [0.4, 0.5) is 0 Å². The van der Waals surface area contributed by atoms with Gasteiger partial charge in [0.1, 0.15) is 0 Å². The van der Waals surface area contributed by atoms with E-state index in [1.165, 1.54) is 11.8 Å². The van der Waals surface area contributed by atoms with Crippen molar-refractivity contribution in [3.63, 3.8) is 0 Å². The lowest BCUT2D eigenvalue weighted by Gasteiger charge is -2.29. The summed E-state index contributed by atoms with van der Waals surface area (Å²) in [4.78, 5) is 23.2. The van der Waals surface area contributed by atoms with Gasteiger partial charge in [-0.15, -0.1) is 0 Å². The Balaban J connectivity index is 2.54. The number of carbonyl (C=O) groups excluding carboxylic acids is 1. The summed E-state index contributed by atoms with van der Waals surface area (Å²) in [6.07, 6.45) is 4.83. The van der Waals surface area contributed by atoms with Crippen molar-refractivity contribution in [3.8, 4) is 0 Å². The van der Waals surface area contributed by atoms with Crippen LogP contribution in [0, 0.1) is 11.8 Å². The summed E-state index contributed by atoms with van der Waals surface area (Å²) in [5, 5.41) is 21.8. The predicted molar refractivity (Wildman–Crippen MR) is 75.1 cm³/mol. The molecule has 1 amide bonds. The van der Waals surface area contributed by atoms with Gasteiger partial charge in [0, 0.05) is 12.3 Å². The Hall–Kier alpha value is -0.750. The first kappa shape index (κ1) is 16.3. The fraction of sp³-hybridized carbons (Fsp3) is 0.846. The van der Waals surface area contributed by atoms with Crippen LogP contribution in [0.1, 0.15) is 32.6 Å². The molecule has 0 aromatic carbocycles. The number of aliphatic hydroxyl groups is 1. The first-order valence-corrected chi connectivity index (χ1v) is 7.98. The smallest absolute Gasteiger partial charge is 0.307 e. The molecule has 5 nitrogen and oxygen atoms in total. The molecule has 0 spiro atoms. The highest BCUT2D eigenvalue weighted by molar-refractivity contribution is 7.98. The molecule has 0 saturated heterocycles. The molecule has 1 fully saturated rings. The van der Waals surface area contributed by atoms with E-state index in [2.05, 4.69) is 5.32 Å². The maximum absolute atomic E-state index is 12.1. The molecule has 0 heterocycles. The molecule has 6 heteroatoms. The van der Waals surface area contributed by atoms with Crippen molar-refractivity contribution in [1.82, 2.24) is 5.32 Å². The first-order valence-electron chi connectivity index (χ1n) is 6.59. The zero-order valence-corrected chi connectivity index (χ0v) is 12.3. The molecule has 1 aliphatic carbocycles. The summed E-state index contributed by atoms with van der Waals surface area (Å²) >= 11 is 1.51. The second kappa shape index (κ2) is 7.14. The largest absolute Gasteiger partial charge is 0.481 e. The van der Waals surface area contributed by atoms with Crippen molar-refractivity contribution >= 4 is 23.6 Å². The van der Waals surface area contributed by atoms with Gasteiger partial charge in [0.25, 0.3) is 0 Å². The molecule has 0 aliphatic heterocycles. The van der Waals surface area contributed by atoms with Gasteiger partial charge in [0.15, 0.2) is 0 Å². The Morgan fingerprint density at radius 1 is 1.32 bits per heavy atom. The van der Waals surface area contributed by atoms with Crippen LogP contribution in [0.25, 0.3) is 0 Å². The molecule has 0 aromatic rings. The maximum atomic E-state index is 12.1. The number of nitrogens with one attached hydrogen (secondary N) is 1. The minimum absolute atomic E-state index is 0.162. The van der Waals surface area contributed by atoms with Crippen LogP contribution in [0.5, 0.6) is 0 Å². The fourth-order valence-corrected chi connectivity index (χ4v) is 3.23. The summed E-state index contributed by atoms with van der Waals surface area (Å²) < 4.78 is 0. The van der Waals surface area contributed by atoms with E-state index in [-0.39, 0.29) is 12.5 Å². The molecule has 1 saturated carbocycles. The van der Waals surface area contributed by atoms with E-state index < -0.39 is 23.4 Å². The van der Waals surface area contributed by atoms with Crippen LogP contribution in [0.3, 0.4) is 0 Å². The summed E-state index contributed by atoms with van der Waals surface area (Å²) in [5.74, 6) is -1.65. The lowest BCUT2D eigenvalue weighted by molar-refractivity contribution is -0.149. The number of amides is 1. The molecule has 110 valence electrons. The molecule has 0 radical (unpaired) electrons. The zero-order chi connectivity index (χ0) is 14.5. The number of hydrogen-bond acceptors (Lipinski definition) is 4. The maximum Gasteiger partial charge on any atom is 0.307 e. The van der Waals surface area contributed by atoms with Crippen molar-refractivity contribution in [2.45, 2.75) is 38.2 Å². The van der Waals surface area contributed by atoms with E-state index in [0.29, 0.717) is 18.6 Å². The third-order valence-electron chi connectivity index (χ3n) is 3.52. The topological polar surface area (TPSA) is 86.6 Å². The lowest BCUT2D eigenvalue weighted by Crippen LogP contribution is -2.47. The number of carboxylic acids is 1. The molecule has 0 aromatic heterocycles. The quantitative estimate of drug-likeness (QED) is 0.682. The third-order valence-corrected chi connectivity index (χ3v) is 4.43. The van der Waals surface area contributed by atoms with E-state index >= 15 is 0 Å². The highest BCUT2D eigenvalue weighted by atomic mass is 32.2. The molecular weight excluding hydrogens is 266 g/mol. The average molecular weight is 289 g/mol. The second-order valence-corrected chi connectivity index (χ2v) is 6.35. The van der Waals surface area contributed by atoms with Crippen LogP contribution >= 0.6 is 11.8 Å². The zero-order valence-electron chi connectivity index (χ0n) is 11.5. The Morgan fingerprint density at radius 3 is 2.42 bits per heavy atom. The van der Waals surface area contributed by atoms with Gasteiger partial charge in [-0.1, -0.05) is 12.8 Å². The van der Waals surface area contributed by atoms with Crippen LogP contribution in [0.2, 0.25) is 0 Å². The van der Waals surface area contributed by atoms with Gasteiger partial charge in [0.05, 0.1) is 17.4 Å². The number of aliphatic carboxylic acids is 1. The number of carbonyl (C=O) groups is 2. The Kier molecular flexibility index (Phi) is 6.13. The monoisotopic (exact) mass is 289 g/mol. The SMILES string of the molecule is CSCC(C)(O)CNC(=O)C1CCCCC1C(=O)O. The summed E-state index contributed by atoms with van der Waals surface area (Å²) in [6.45, 7) is 1.83. The van der Waals surface area contributed by atoms with Crippen molar-refractivity contribution in [3.05, 3.63) is 0 Å². The third kappa shape index (κ3) is 5.03. The summed E-state index contributed by atoms with van der Waals surface area (Å²) in [7, 11) is 0. The van der Waals surface area contributed by atoms with Crippen molar-refractivity contribution in [2.75, 3.05) is 18.6 Å². The molecule has 3 N–H and O–H groups in total. The normalized spacial score (nSPS) is 26.5. The van der Waals surface area contributed by atoms with E-state index in [1.807, 2.05) is 6.26 Å². The van der Waals surface area contributed by atoms with Gasteiger partial charge in [-0.2, -0.15) is 11.8 Å². The van der Waals surface area contributed by atoms with Gasteiger partial charge < -0.3 is 15.5 Å². The number of hydrogen-bond donors (Lipinski definition) is 3. The summed E-state index contributed by atoms with van der Waals surface area (Å²) in [6, 6.07) is 0. The van der Waals surface area contributed by atoms with Crippen LogP contribution in [-0.4, -0.2) is 46.2 Å². The minimum Gasteiger partial charge on any atom is -0.481 e. The van der Waals surface area contributed by atoms with Gasteiger partial charge in [0.2, 0.25) is 5.91 Å². The molecular formula is C13H23NO4S. The molecule has 3 unspecified atom stereocenters. The van der Waals surface area contributed by atoms with Gasteiger partial charge >= 0.3 is 5.97 Å². The molecule has 19 heavy (non-hydrogen) atoms. The minimum atomic E-state index is -0.956. The molecule has 0 bridgehead atoms. The Morgan fingerprint density at radius 2 is 1.89 bits per heavy atom. The van der Waals surface area contributed by atoms with Crippen LogP contribution in [-0.2, 0) is 9.59 Å². The molecule has 3 atom stereocenters. The fourth-order valence-electron chi connectivity index (χ4n) is 2.51. The second-order valence-electron chi connectivity index (χ2n) is 5.48. The van der Waals surface area contributed by atoms with Gasteiger partial charge in [-0.3, -0.25) is 9.59 Å². The number of rotatable bonds is 6. The molecule has 1 aliphatic rings. The van der Waals surface area contributed by atoms with Crippen molar-refractivity contribution in [1.29, 1.82) is 0 Å². The van der Waals surface area contributed by atoms with E-state index in [1.54, 1.807) is 6.92 Å². The predicted octanol–water partition coefficient (Wildman–Crippen LogP) is 1.11. The number of carboxylic acid groups (broad SMARTS) is 1. The first-order chi connectivity index (χ1) is 8.87. The van der Waals surface area contributed by atoms with Gasteiger partial charge in [-0.25, -0.2) is 0 Å². The summed E-state index contributed by atoms with van der Waals surface area (Å²) in [5.41, 5.74) is -0.956. The highest BCUT2D eigenvalue weighted by Crippen LogP contribution is 2.30. The van der Waals surface area contributed by atoms with Gasteiger partial charge in [-0.05, 0) is 26.0 Å². The van der Waals surface area contributed by atoms with Crippen molar-refractivity contribution in [2.24, 2.45) is 11.8 Å². The Bertz CT molecular complexity index is 333. The van der Waals surface area contributed by atoms with E-state index in [4.69, 9.17) is 5.11 Å². The number of thioether (sulfide) groups is 1. The standard InChI is InChI=1S/C13H23NO4S/c1-13(18,8-19-2)7-14-11(15)9-5-3-4-6-10(9)12(16)17/h9-10,18H,3-8H2,1-2H3,(H,14,15)(H,16,17). The van der Waals surface area contributed by atoms with E-state index in [9.17, 15) is 14.7 Å². The van der Waals surface area contributed by atoms with Crippen LogP contribution < -0.4 is 5.32 Å². The van der Waals surface area contributed by atoms with Crippen molar-refractivity contribution < 1.29 is 19.8 Å². The van der Waals surface area contributed by atoms with E-state index in [0.717, 1.165) is 12.8 Å². The average Bonchev–Trinajstić information content (AvgIpc) is 2.36.